The number of pyridine rings is 1. The molecule has 70 valence electrons. The molecular weight excluding hydrogens is 160 g/mol. The SMILES string of the molecule is CC(CN)(c1ccncc1)C1CC1. The lowest BCUT2D eigenvalue weighted by Gasteiger charge is -2.28. The monoisotopic (exact) mass is 176 g/mol. The Bertz CT molecular complexity index is 279. The van der Waals surface area contributed by atoms with Gasteiger partial charge in [0, 0.05) is 24.4 Å². The maximum absolute atomic E-state index is 5.86. The second-order valence-electron chi connectivity index (χ2n) is 4.13. The molecule has 1 aliphatic carbocycles. The zero-order chi connectivity index (χ0) is 9.31. The van der Waals surface area contributed by atoms with E-state index >= 15 is 0 Å². The highest BCUT2D eigenvalue weighted by molar-refractivity contribution is 5.25. The first-order chi connectivity index (χ1) is 6.27. The van der Waals surface area contributed by atoms with Crippen molar-refractivity contribution >= 4 is 0 Å². The minimum Gasteiger partial charge on any atom is -0.330 e. The number of rotatable bonds is 3. The summed E-state index contributed by atoms with van der Waals surface area (Å²) in [4.78, 5) is 4.03. The molecule has 2 nitrogen and oxygen atoms in total. The summed E-state index contributed by atoms with van der Waals surface area (Å²) in [6.07, 6.45) is 6.36. The van der Waals surface area contributed by atoms with Gasteiger partial charge in [-0.15, -0.1) is 0 Å². The normalized spacial score (nSPS) is 21.1. The Morgan fingerprint density at radius 2 is 2.08 bits per heavy atom. The van der Waals surface area contributed by atoms with Gasteiger partial charge in [0.25, 0.3) is 0 Å². The highest BCUT2D eigenvalue weighted by atomic mass is 14.7. The molecule has 0 aliphatic heterocycles. The fourth-order valence-electron chi connectivity index (χ4n) is 1.97. The van der Waals surface area contributed by atoms with E-state index in [1.165, 1.54) is 18.4 Å². The van der Waals surface area contributed by atoms with Gasteiger partial charge in [0.2, 0.25) is 0 Å². The summed E-state index contributed by atoms with van der Waals surface area (Å²) in [5.41, 5.74) is 7.38. The van der Waals surface area contributed by atoms with Crippen molar-refractivity contribution in [2.24, 2.45) is 11.7 Å². The van der Waals surface area contributed by atoms with E-state index in [-0.39, 0.29) is 5.41 Å². The Morgan fingerprint density at radius 1 is 1.46 bits per heavy atom. The van der Waals surface area contributed by atoms with Crippen molar-refractivity contribution in [1.29, 1.82) is 0 Å². The third kappa shape index (κ3) is 1.46. The van der Waals surface area contributed by atoms with Gasteiger partial charge in [-0.2, -0.15) is 0 Å². The zero-order valence-corrected chi connectivity index (χ0v) is 8.03. The van der Waals surface area contributed by atoms with Crippen LogP contribution < -0.4 is 5.73 Å². The van der Waals surface area contributed by atoms with E-state index < -0.39 is 0 Å². The van der Waals surface area contributed by atoms with E-state index in [9.17, 15) is 0 Å². The van der Waals surface area contributed by atoms with Crippen LogP contribution in [0.2, 0.25) is 0 Å². The van der Waals surface area contributed by atoms with E-state index in [0.717, 1.165) is 12.5 Å². The minimum absolute atomic E-state index is 0.183. The summed E-state index contributed by atoms with van der Waals surface area (Å²) in [5.74, 6) is 0.792. The fourth-order valence-corrected chi connectivity index (χ4v) is 1.97. The number of hydrogen-bond donors (Lipinski definition) is 1. The van der Waals surface area contributed by atoms with Gasteiger partial charge in [-0.1, -0.05) is 6.92 Å². The van der Waals surface area contributed by atoms with Gasteiger partial charge in [0.1, 0.15) is 0 Å². The lowest BCUT2D eigenvalue weighted by atomic mass is 9.78. The maximum Gasteiger partial charge on any atom is 0.0270 e. The van der Waals surface area contributed by atoms with Crippen molar-refractivity contribution in [2.75, 3.05) is 6.54 Å². The molecule has 1 aliphatic rings. The van der Waals surface area contributed by atoms with Gasteiger partial charge >= 0.3 is 0 Å². The van der Waals surface area contributed by atoms with E-state index in [0.29, 0.717) is 0 Å². The fraction of sp³-hybridized carbons (Fsp3) is 0.545. The van der Waals surface area contributed by atoms with Gasteiger partial charge in [-0.25, -0.2) is 0 Å². The highest BCUT2D eigenvalue weighted by Gasteiger charge is 2.41. The Labute approximate surface area is 79.2 Å². The molecule has 2 rings (SSSR count). The highest BCUT2D eigenvalue weighted by Crippen LogP contribution is 2.46. The van der Waals surface area contributed by atoms with Crippen molar-refractivity contribution in [3.63, 3.8) is 0 Å². The van der Waals surface area contributed by atoms with E-state index in [2.05, 4.69) is 24.0 Å². The molecule has 1 fully saturated rings. The minimum atomic E-state index is 0.183. The maximum atomic E-state index is 5.86. The molecule has 1 unspecified atom stereocenters. The van der Waals surface area contributed by atoms with Crippen LogP contribution in [0.3, 0.4) is 0 Å². The van der Waals surface area contributed by atoms with E-state index in [4.69, 9.17) is 5.73 Å². The molecule has 1 aromatic heterocycles. The number of aromatic nitrogens is 1. The lowest BCUT2D eigenvalue weighted by molar-refractivity contribution is 0.420. The van der Waals surface area contributed by atoms with Gasteiger partial charge in [0.05, 0.1) is 0 Å². The van der Waals surface area contributed by atoms with Crippen LogP contribution in [0.4, 0.5) is 0 Å². The molecule has 0 amide bonds. The predicted octanol–water partition coefficient (Wildman–Crippen LogP) is 1.71. The standard InChI is InChI=1S/C11H16N2/c1-11(8-12,9-2-3-9)10-4-6-13-7-5-10/h4-7,9H,2-3,8,12H2,1H3. The van der Waals surface area contributed by atoms with E-state index in [1.54, 1.807) is 0 Å². The van der Waals surface area contributed by atoms with Crippen molar-refractivity contribution in [3.8, 4) is 0 Å². The summed E-state index contributed by atoms with van der Waals surface area (Å²) in [6.45, 7) is 3.00. The van der Waals surface area contributed by atoms with Gasteiger partial charge in [0.15, 0.2) is 0 Å². The van der Waals surface area contributed by atoms with Gasteiger partial charge < -0.3 is 5.73 Å². The van der Waals surface area contributed by atoms with E-state index in [1.807, 2.05) is 12.4 Å². The number of nitrogens with two attached hydrogens (primary N) is 1. The lowest BCUT2D eigenvalue weighted by Crippen LogP contribution is -2.34. The van der Waals surface area contributed by atoms with Crippen molar-refractivity contribution < 1.29 is 0 Å². The summed E-state index contributed by atoms with van der Waals surface area (Å²) >= 11 is 0. The third-order valence-corrected chi connectivity index (χ3v) is 3.24. The van der Waals surface area contributed by atoms with Crippen LogP contribution in [0.5, 0.6) is 0 Å². The van der Waals surface area contributed by atoms with Gasteiger partial charge in [-0.05, 0) is 36.5 Å². The molecule has 1 saturated carbocycles. The largest absolute Gasteiger partial charge is 0.330 e. The van der Waals surface area contributed by atoms with Crippen LogP contribution in [0.25, 0.3) is 0 Å². The topological polar surface area (TPSA) is 38.9 Å². The molecule has 1 heterocycles. The summed E-state index contributed by atoms with van der Waals surface area (Å²) in [6, 6.07) is 4.18. The third-order valence-electron chi connectivity index (χ3n) is 3.24. The number of nitrogens with zero attached hydrogens (tertiary/aromatic N) is 1. The summed E-state index contributed by atoms with van der Waals surface area (Å²) in [7, 11) is 0. The number of hydrogen-bond acceptors (Lipinski definition) is 2. The molecule has 0 spiro atoms. The molecule has 0 saturated heterocycles. The average molecular weight is 176 g/mol. The molecule has 2 N–H and O–H groups in total. The molecule has 0 bridgehead atoms. The van der Waals surface area contributed by atoms with Crippen LogP contribution in [0.1, 0.15) is 25.3 Å². The summed E-state index contributed by atoms with van der Waals surface area (Å²) in [5, 5.41) is 0. The predicted molar refractivity (Wildman–Crippen MR) is 53.4 cm³/mol. The van der Waals surface area contributed by atoms with Crippen molar-refractivity contribution in [1.82, 2.24) is 4.98 Å². The second kappa shape index (κ2) is 3.11. The first kappa shape index (κ1) is 8.70. The molecule has 2 heteroatoms. The summed E-state index contributed by atoms with van der Waals surface area (Å²) < 4.78 is 0. The van der Waals surface area contributed by atoms with Crippen molar-refractivity contribution in [2.45, 2.75) is 25.2 Å². The quantitative estimate of drug-likeness (QED) is 0.761. The first-order valence-electron chi connectivity index (χ1n) is 4.88. The van der Waals surface area contributed by atoms with Crippen molar-refractivity contribution in [3.05, 3.63) is 30.1 Å². The molecule has 0 aromatic carbocycles. The smallest absolute Gasteiger partial charge is 0.0270 e. The average Bonchev–Trinajstić information content (AvgIpc) is 3.02. The Hall–Kier alpha value is -0.890. The Morgan fingerprint density at radius 3 is 2.54 bits per heavy atom. The van der Waals surface area contributed by atoms with Gasteiger partial charge in [-0.3, -0.25) is 4.98 Å². The van der Waals surface area contributed by atoms with Crippen LogP contribution in [0.15, 0.2) is 24.5 Å². The van der Waals surface area contributed by atoms with Crippen LogP contribution in [-0.2, 0) is 5.41 Å². The Balaban J connectivity index is 2.30. The molecule has 1 aromatic rings. The molecular formula is C11H16N2. The first-order valence-corrected chi connectivity index (χ1v) is 4.88. The molecule has 13 heavy (non-hydrogen) atoms. The second-order valence-corrected chi connectivity index (χ2v) is 4.13. The Kier molecular flexibility index (Phi) is 2.08. The van der Waals surface area contributed by atoms with Crippen LogP contribution in [-0.4, -0.2) is 11.5 Å². The molecule has 1 atom stereocenters. The van der Waals surface area contributed by atoms with Crippen LogP contribution >= 0.6 is 0 Å². The molecule has 0 radical (unpaired) electrons. The van der Waals surface area contributed by atoms with Crippen LogP contribution in [0, 0.1) is 5.92 Å². The zero-order valence-electron chi connectivity index (χ0n) is 8.03.